The second-order valence-electron chi connectivity index (χ2n) is 8.50. The van der Waals surface area contributed by atoms with Crippen molar-refractivity contribution in [3.8, 4) is 11.3 Å². The van der Waals surface area contributed by atoms with Gasteiger partial charge in [0.05, 0.1) is 16.8 Å². The minimum Gasteiger partial charge on any atom is -0.349 e. The molecule has 2 aliphatic rings. The highest BCUT2D eigenvalue weighted by atomic mass is 35.5. The molecule has 5 rings (SSSR count). The summed E-state index contributed by atoms with van der Waals surface area (Å²) in [5, 5.41) is 4.28. The van der Waals surface area contributed by atoms with Gasteiger partial charge in [0.2, 0.25) is 0 Å². The lowest BCUT2D eigenvalue weighted by molar-refractivity contribution is 0.0757. The summed E-state index contributed by atoms with van der Waals surface area (Å²) in [5.74, 6) is 0.978. The van der Waals surface area contributed by atoms with Gasteiger partial charge in [0.15, 0.2) is 0 Å². The molecule has 2 aromatic heterocycles. The molecule has 31 heavy (non-hydrogen) atoms. The summed E-state index contributed by atoms with van der Waals surface area (Å²) >= 11 is 0. The van der Waals surface area contributed by atoms with Gasteiger partial charge in [0.25, 0.3) is 5.91 Å². The first-order valence-corrected chi connectivity index (χ1v) is 10.6. The number of hydrogen-bond acceptors (Lipinski definition) is 4. The number of nitrogens with zero attached hydrogens (tertiary/aromatic N) is 2. The molecule has 0 spiro atoms. The Labute approximate surface area is 195 Å². The number of carbonyl (C=O) groups is 1. The highest BCUT2D eigenvalue weighted by Crippen LogP contribution is 2.40. The van der Waals surface area contributed by atoms with E-state index in [9.17, 15) is 4.79 Å². The van der Waals surface area contributed by atoms with Crippen molar-refractivity contribution in [2.75, 3.05) is 0 Å². The largest absolute Gasteiger partial charge is 0.349 e. The van der Waals surface area contributed by atoms with Gasteiger partial charge in [-0.05, 0) is 61.8 Å². The van der Waals surface area contributed by atoms with E-state index in [-0.39, 0.29) is 42.8 Å². The van der Waals surface area contributed by atoms with Crippen molar-refractivity contribution in [1.82, 2.24) is 15.3 Å². The van der Waals surface area contributed by atoms with Crippen LogP contribution in [0.25, 0.3) is 22.2 Å². The van der Waals surface area contributed by atoms with E-state index < -0.39 is 0 Å². The molecule has 0 aliphatic heterocycles. The molecular weight excluding hydrogens is 431 g/mol. The maximum Gasteiger partial charge on any atom is 0.252 e. The molecule has 3 N–H and O–H groups in total. The average molecular weight is 459 g/mol. The van der Waals surface area contributed by atoms with Crippen LogP contribution in [-0.2, 0) is 0 Å². The number of benzene rings is 1. The third-order valence-corrected chi connectivity index (χ3v) is 6.59. The molecule has 0 saturated heterocycles. The van der Waals surface area contributed by atoms with Crippen molar-refractivity contribution in [2.24, 2.45) is 17.6 Å². The topological polar surface area (TPSA) is 80.9 Å². The van der Waals surface area contributed by atoms with E-state index in [2.05, 4.69) is 10.3 Å². The third kappa shape index (κ3) is 4.69. The van der Waals surface area contributed by atoms with E-state index in [1.807, 2.05) is 42.5 Å². The lowest BCUT2D eigenvalue weighted by Gasteiger charge is -2.45. The van der Waals surface area contributed by atoms with E-state index in [1.165, 1.54) is 6.42 Å². The third-order valence-electron chi connectivity index (χ3n) is 6.59. The number of para-hydroxylation sites is 1. The predicted molar refractivity (Wildman–Crippen MR) is 129 cm³/mol. The van der Waals surface area contributed by atoms with Crippen LogP contribution in [0.3, 0.4) is 0 Å². The zero-order valence-corrected chi connectivity index (χ0v) is 18.9. The molecule has 2 heterocycles. The fourth-order valence-corrected chi connectivity index (χ4v) is 5.28. The van der Waals surface area contributed by atoms with Crippen molar-refractivity contribution in [1.29, 1.82) is 0 Å². The quantitative estimate of drug-likeness (QED) is 0.591. The number of aromatic nitrogens is 2. The number of halogens is 2. The number of fused-ring (bicyclic) bond motifs is 3. The summed E-state index contributed by atoms with van der Waals surface area (Å²) in [6.45, 7) is 0. The molecule has 2 saturated carbocycles. The number of nitrogens with one attached hydrogen (secondary N) is 1. The number of amides is 1. The Morgan fingerprint density at radius 2 is 1.77 bits per heavy atom. The van der Waals surface area contributed by atoms with Crippen LogP contribution in [0.1, 0.15) is 42.5 Å². The summed E-state index contributed by atoms with van der Waals surface area (Å²) in [6, 6.07) is 14.1. The molecule has 0 radical (unpaired) electrons. The fourth-order valence-electron chi connectivity index (χ4n) is 5.28. The van der Waals surface area contributed by atoms with Gasteiger partial charge < -0.3 is 11.1 Å². The van der Waals surface area contributed by atoms with E-state index in [0.29, 0.717) is 17.4 Å². The van der Waals surface area contributed by atoms with Gasteiger partial charge in [-0.25, -0.2) is 4.98 Å². The van der Waals surface area contributed by atoms with Crippen LogP contribution in [0.4, 0.5) is 0 Å². The lowest BCUT2D eigenvalue weighted by atomic mass is 9.67. The van der Waals surface area contributed by atoms with Gasteiger partial charge in [0, 0.05) is 35.4 Å². The minimum atomic E-state index is -0.00823. The van der Waals surface area contributed by atoms with Gasteiger partial charge in [-0.1, -0.05) is 24.6 Å². The van der Waals surface area contributed by atoms with E-state index in [4.69, 9.17) is 10.7 Å². The summed E-state index contributed by atoms with van der Waals surface area (Å²) < 4.78 is 0. The van der Waals surface area contributed by atoms with Crippen molar-refractivity contribution in [3.05, 3.63) is 60.4 Å². The minimum absolute atomic E-state index is 0. The molecule has 2 aliphatic carbocycles. The smallest absolute Gasteiger partial charge is 0.252 e. The Balaban J connectivity index is 0.00000136. The van der Waals surface area contributed by atoms with Gasteiger partial charge in [-0.15, -0.1) is 24.8 Å². The number of nitrogens with two attached hydrogens (primary N) is 1. The standard InChI is InChI=1S/C24H26N4O.2ClH/c25-18-11-15-5-3-6-16(12-18)23(15)28-24(29)20-13-22(17-7-4-10-26-14-17)27-21-9-2-1-8-19(20)21;;/h1-2,4,7-10,13-16,18,23H,3,5-6,11-12,25H2,(H,28,29);2*1H. The van der Waals surface area contributed by atoms with Gasteiger partial charge in [-0.3, -0.25) is 9.78 Å². The van der Waals surface area contributed by atoms with Crippen molar-refractivity contribution in [2.45, 2.75) is 44.2 Å². The maximum atomic E-state index is 13.4. The molecule has 1 aromatic carbocycles. The van der Waals surface area contributed by atoms with Crippen LogP contribution in [0.15, 0.2) is 54.9 Å². The summed E-state index contributed by atoms with van der Waals surface area (Å²) in [6.07, 6.45) is 9.12. The molecule has 1 amide bonds. The summed E-state index contributed by atoms with van der Waals surface area (Å²) in [7, 11) is 0. The number of carbonyl (C=O) groups excluding carboxylic acids is 1. The van der Waals surface area contributed by atoms with Crippen molar-refractivity contribution >= 4 is 41.6 Å². The Kier molecular flexibility index (Phi) is 7.52. The molecule has 2 unspecified atom stereocenters. The normalized spacial score (nSPS) is 24.5. The van der Waals surface area contributed by atoms with Gasteiger partial charge in [0.1, 0.15) is 0 Å². The lowest BCUT2D eigenvalue weighted by Crippen LogP contribution is -2.53. The SMILES string of the molecule is Cl.Cl.NC1CC2CCCC(C1)C2NC(=O)c1cc(-c2cccnc2)nc2ccccc12. The van der Waals surface area contributed by atoms with Crippen LogP contribution >= 0.6 is 24.8 Å². The first-order chi connectivity index (χ1) is 14.2. The van der Waals surface area contributed by atoms with Crippen LogP contribution < -0.4 is 11.1 Å². The first kappa shape index (κ1) is 23.5. The maximum absolute atomic E-state index is 13.4. The Hall–Kier alpha value is -2.21. The second-order valence-corrected chi connectivity index (χ2v) is 8.50. The molecule has 5 nitrogen and oxygen atoms in total. The fraction of sp³-hybridized carbons (Fsp3) is 0.375. The zero-order valence-electron chi connectivity index (χ0n) is 17.2. The molecule has 7 heteroatoms. The van der Waals surface area contributed by atoms with E-state index in [0.717, 1.165) is 47.8 Å². The Bertz CT molecular complexity index is 1030. The van der Waals surface area contributed by atoms with Crippen molar-refractivity contribution in [3.63, 3.8) is 0 Å². The molecular formula is C24H28Cl2N4O. The highest BCUT2D eigenvalue weighted by molar-refractivity contribution is 6.07. The monoisotopic (exact) mass is 458 g/mol. The van der Waals surface area contributed by atoms with Crippen molar-refractivity contribution < 1.29 is 4.79 Å². The average Bonchev–Trinajstić information content (AvgIpc) is 2.74. The summed E-state index contributed by atoms with van der Waals surface area (Å²) in [5.41, 5.74) is 9.45. The van der Waals surface area contributed by atoms with E-state index >= 15 is 0 Å². The van der Waals surface area contributed by atoms with E-state index in [1.54, 1.807) is 12.4 Å². The second kappa shape index (κ2) is 9.94. The van der Waals surface area contributed by atoms with Crippen LogP contribution in [0, 0.1) is 11.8 Å². The van der Waals surface area contributed by atoms with Gasteiger partial charge >= 0.3 is 0 Å². The molecule has 3 aromatic rings. The predicted octanol–water partition coefficient (Wildman–Crippen LogP) is 4.78. The number of pyridine rings is 2. The molecule has 2 atom stereocenters. The molecule has 164 valence electrons. The number of rotatable bonds is 3. The van der Waals surface area contributed by atoms with Gasteiger partial charge in [-0.2, -0.15) is 0 Å². The van der Waals surface area contributed by atoms with Crippen LogP contribution in [-0.4, -0.2) is 28.0 Å². The zero-order chi connectivity index (χ0) is 19.8. The Morgan fingerprint density at radius 3 is 2.48 bits per heavy atom. The van der Waals surface area contributed by atoms with Crippen LogP contribution in [0.2, 0.25) is 0 Å². The Morgan fingerprint density at radius 1 is 1.03 bits per heavy atom. The molecule has 2 bridgehead atoms. The highest BCUT2D eigenvalue weighted by Gasteiger charge is 2.40. The van der Waals surface area contributed by atoms with Crippen LogP contribution in [0.5, 0.6) is 0 Å². The number of hydrogen-bond donors (Lipinski definition) is 2. The molecule has 2 fully saturated rings. The summed E-state index contributed by atoms with van der Waals surface area (Å²) in [4.78, 5) is 22.4. The first-order valence-electron chi connectivity index (χ1n) is 10.6.